The summed E-state index contributed by atoms with van der Waals surface area (Å²) in [6, 6.07) is 15.4. The van der Waals surface area contributed by atoms with Crippen LogP contribution in [-0.4, -0.2) is 67.2 Å². The van der Waals surface area contributed by atoms with Gasteiger partial charge in [-0.1, -0.05) is 24.3 Å². The summed E-state index contributed by atoms with van der Waals surface area (Å²) in [5.74, 6) is 0.845. The largest absolute Gasteiger partial charge is 0.341 e. The summed E-state index contributed by atoms with van der Waals surface area (Å²) in [6.07, 6.45) is 2.37. The van der Waals surface area contributed by atoms with Gasteiger partial charge in [-0.15, -0.1) is 5.10 Å². The lowest BCUT2D eigenvalue weighted by Crippen LogP contribution is -2.36. The van der Waals surface area contributed by atoms with E-state index >= 15 is 0 Å². The molecule has 0 aliphatic carbocycles. The van der Waals surface area contributed by atoms with Crippen molar-refractivity contribution in [3.8, 4) is 5.69 Å². The van der Waals surface area contributed by atoms with Gasteiger partial charge in [0.1, 0.15) is 6.33 Å². The number of aromatic amines is 1. The Kier molecular flexibility index (Phi) is 4.39. The van der Waals surface area contributed by atoms with Crippen molar-refractivity contribution in [3.63, 3.8) is 0 Å². The lowest BCUT2D eigenvalue weighted by atomic mass is 10.1. The van der Waals surface area contributed by atoms with Gasteiger partial charge in [0.15, 0.2) is 0 Å². The number of H-pyrrole nitrogens is 1. The highest BCUT2D eigenvalue weighted by Crippen LogP contribution is 2.20. The van der Waals surface area contributed by atoms with E-state index in [4.69, 9.17) is 4.98 Å². The molecule has 9 nitrogen and oxygen atoms in total. The zero-order valence-corrected chi connectivity index (χ0v) is 15.8. The van der Waals surface area contributed by atoms with Crippen LogP contribution in [0.25, 0.3) is 16.7 Å². The third-order valence-electron chi connectivity index (χ3n) is 5.19. The molecular formula is C20H20N8O. The molecule has 29 heavy (non-hydrogen) atoms. The Bertz CT molecular complexity index is 1100. The Morgan fingerprint density at radius 1 is 0.966 bits per heavy atom. The first-order valence-electron chi connectivity index (χ1n) is 9.61. The highest BCUT2D eigenvalue weighted by atomic mass is 16.2. The molecule has 1 N–H and O–H groups in total. The van der Waals surface area contributed by atoms with Gasteiger partial charge in [-0.25, -0.2) is 4.98 Å². The Morgan fingerprint density at radius 2 is 1.83 bits per heavy atom. The van der Waals surface area contributed by atoms with Gasteiger partial charge in [0.25, 0.3) is 5.91 Å². The summed E-state index contributed by atoms with van der Waals surface area (Å²) in [6.45, 7) is 2.89. The predicted molar refractivity (Wildman–Crippen MR) is 108 cm³/mol. The third kappa shape index (κ3) is 3.31. The lowest BCUT2D eigenvalue weighted by Gasteiger charge is -2.22. The van der Waals surface area contributed by atoms with E-state index in [2.05, 4.69) is 25.4 Å². The molecule has 0 spiro atoms. The number of nitrogens with one attached hydrogen (secondary N) is 1. The first kappa shape index (κ1) is 17.4. The molecule has 1 amide bonds. The maximum atomic E-state index is 13.3. The molecule has 0 unspecified atom stereocenters. The van der Waals surface area contributed by atoms with Crippen LogP contribution in [0, 0.1) is 0 Å². The average Bonchev–Trinajstić information content (AvgIpc) is 3.38. The Balaban J connectivity index is 1.35. The highest BCUT2D eigenvalue weighted by molar-refractivity contribution is 5.97. The second-order valence-electron chi connectivity index (χ2n) is 6.98. The summed E-state index contributed by atoms with van der Waals surface area (Å²) >= 11 is 0. The number of benzene rings is 2. The van der Waals surface area contributed by atoms with Crippen molar-refractivity contribution in [3.05, 3.63) is 60.4 Å². The van der Waals surface area contributed by atoms with Crippen LogP contribution in [0.4, 0.5) is 5.95 Å². The van der Waals surface area contributed by atoms with E-state index in [1.807, 2.05) is 53.4 Å². The normalized spacial score (nSPS) is 14.9. The number of hydrogen-bond acceptors (Lipinski definition) is 6. The van der Waals surface area contributed by atoms with Crippen molar-refractivity contribution >= 4 is 22.9 Å². The van der Waals surface area contributed by atoms with Gasteiger partial charge in [-0.2, -0.15) is 4.68 Å². The fourth-order valence-corrected chi connectivity index (χ4v) is 3.72. The number of anilines is 1. The summed E-state index contributed by atoms with van der Waals surface area (Å²) in [5.41, 5.74) is 3.25. The van der Waals surface area contributed by atoms with Crippen LogP contribution in [0.3, 0.4) is 0 Å². The van der Waals surface area contributed by atoms with Crippen molar-refractivity contribution in [2.45, 2.75) is 6.42 Å². The molecule has 1 saturated heterocycles. The van der Waals surface area contributed by atoms with E-state index in [0.29, 0.717) is 24.3 Å². The highest BCUT2D eigenvalue weighted by Gasteiger charge is 2.24. The van der Waals surface area contributed by atoms with Gasteiger partial charge in [0.2, 0.25) is 5.95 Å². The Hall–Kier alpha value is -3.75. The molecule has 1 aliphatic heterocycles. The number of hydrogen-bond donors (Lipinski definition) is 1. The number of tetrazole rings is 1. The monoisotopic (exact) mass is 388 g/mol. The summed E-state index contributed by atoms with van der Waals surface area (Å²) in [4.78, 5) is 25.4. The van der Waals surface area contributed by atoms with E-state index < -0.39 is 0 Å². The smallest absolute Gasteiger partial charge is 0.256 e. The number of rotatable bonds is 3. The molecule has 1 aliphatic rings. The number of fused-ring (bicyclic) bond motifs is 1. The van der Waals surface area contributed by atoms with E-state index in [0.717, 1.165) is 36.5 Å². The number of carbonyl (C=O) groups excluding carboxylic acids is 1. The minimum atomic E-state index is -0.0115. The second-order valence-corrected chi connectivity index (χ2v) is 6.98. The zero-order valence-electron chi connectivity index (χ0n) is 15.8. The van der Waals surface area contributed by atoms with E-state index in [-0.39, 0.29) is 5.91 Å². The number of para-hydroxylation sites is 3. The van der Waals surface area contributed by atoms with Crippen molar-refractivity contribution in [1.29, 1.82) is 0 Å². The third-order valence-corrected chi connectivity index (χ3v) is 5.19. The zero-order chi connectivity index (χ0) is 19.6. The van der Waals surface area contributed by atoms with Crippen LogP contribution in [-0.2, 0) is 0 Å². The number of carbonyl (C=O) groups is 1. The fourth-order valence-electron chi connectivity index (χ4n) is 3.72. The molecule has 3 heterocycles. The molecular weight excluding hydrogens is 368 g/mol. The minimum Gasteiger partial charge on any atom is -0.341 e. The molecule has 0 bridgehead atoms. The molecule has 1 fully saturated rings. The van der Waals surface area contributed by atoms with Gasteiger partial charge >= 0.3 is 0 Å². The Labute approximate surface area is 167 Å². The molecule has 4 aromatic rings. The van der Waals surface area contributed by atoms with Crippen LogP contribution in [0.15, 0.2) is 54.9 Å². The first-order chi connectivity index (χ1) is 14.3. The van der Waals surface area contributed by atoms with E-state index in [9.17, 15) is 4.79 Å². The lowest BCUT2D eigenvalue weighted by molar-refractivity contribution is 0.0767. The molecule has 2 aromatic heterocycles. The van der Waals surface area contributed by atoms with Crippen molar-refractivity contribution < 1.29 is 4.79 Å². The maximum Gasteiger partial charge on any atom is 0.256 e. The van der Waals surface area contributed by atoms with Crippen LogP contribution >= 0.6 is 0 Å². The molecule has 0 radical (unpaired) electrons. The molecule has 5 rings (SSSR count). The maximum absolute atomic E-state index is 13.3. The average molecular weight is 388 g/mol. The number of amides is 1. The van der Waals surface area contributed by atoms with Crippen molar-refractivity contribution in [1.82, 2.24) is 35.1 Å². The topological polar surface area (TPSA) is 95.8 Å². The predicted octanol–water partition coefficient (Wildman–Crippen LogP) is 1.89. The molecule has 0 atom stereocenters. The fraction of sp³-hybridized carbons (Fsp3) is 0.250. The van der Waals surface area contributed by atoms with Gasteiger partial charge in [0.05, 0.1) is 22.3 Å². The summed E-state index contributed by atoms with van der Waals surface area (Å²) in [7, 11) is 0. The van der Waals surface area contributed by atoms with Crippen LogP contribution in [0.5, 0.6) is 0 Å². The molecule has 2 aromatic carbocycles. The first-order valence-corrected chi connectivity index (χ1v) is 9.61. The molecule has 9 heteroatoms. The molecule has 146 valence electrons. The van der Waals surface area contributed by atoms with Crippen LogP contribution < -0.4 is 4.90 Å². The summed E-state index contributed by atoms with van der Waals surface area (Å²) in [5, 5.41) is 11.3. The van der Waals surface area contributed by atoms with Gasteiger partial charge in [0, 0.05) is 26.2 Å². The minimum absolute atomic E-state index is 0.0115. The van der Waals surface area contributed by atoms with E-state index in [1.54, 1.807) is 0 Å². The van der Waals surface area contributed by atoms with Gasteiger partial charge in [-0.05, 0) is 41.1 Å². The van der Waals surface area contributed by atoms with Crippen LogP contribution in [0.2, 0.25) is 0 Å². The van der Waals surface area contributed by atoms with Crippen molar-refractivity contribution in [2.24, 2.45) is 0 Å². The SMILES string of the molecule is O=C(c1ccccc1-n1cnnn1)N1CCCN(c2nc3ccccc3[nH]2)CC1. The quantitative estimate of drug-likeness (QED) is 0.576. The Morgan fingerprint density at radius 3 is 2.69 bits per heavy atom. The summed E-state index contributed by atoms with van der Waals surface area (Å²) < 4.78 is 1.52. The molecule has 0 saturated carbocycles. The number of aromatic nitrogens is 6. The standard InChI is InChI=1S/C20H20N8O/c29-19(15-6-1-4-9-18(15)28-14-21-24-25-28)26-10-5-11-27(13-12-26)20-22-16-7-2-3-8-17(16)23-20/h1-4,6-9,14H,5,10-13H2,(H,22,23). The van der Waals surface area contributed by atoms with Gasteiger partial charge < -0.3 is 14.8 Å². The van der Waals surface area contributed by atoms with Crippen LogP contribution in [0.1, 0.15) is 16.8 Å². The second kappa shape index (κ2) is 7.34. The van der Waals surface area contributed by atoms with Crippen molar-refractivity contribution in [2.75, 3.05) is 31.1 Å². The van der Waals surface area contributed by atoms with E-state index in [1.165, 1.54) is 11.0 Å². The van der Waals surface area contributed by atoms with Gasteiger partial charge in [-0.3, -0.25) is 4.79 Å². The number of nitrogens with zero attached hydrogens (tertiary/aromatic N) is 7. The number of imidazole rings is 1.